The Bertz CT molecular complexity index is 593. The summed E-state index contributed by atoms with van der Waals surface area (Å²) in [6, 6.07) is -3.51. The predicted molar refractivity (Wildman–Crippen MR) is 90.9 cm³/mol. The molecule has 0 bridgehead atoms. The summed E-state index contributed by atoms with van der Waals surface area (Å²) < 4.78 is 0. The highest BCUT2D eigenvalue weighted by Gasteiger charge is 2.37. The van der Waals surface area contributed by atoms with Crippen molar-refractivity contribution in [1.29, 1.82) is 0 Å². The molecule has 1 saturated heterocycles. The lowest BCUT2D eigenvalue weighted by molar-refractivity contribution is -0.144. The minimum Gasteiger partial charge on any atom is -0.480 e. The van der Waals surface area contributed by atoms with E-state index < -0.39 is 47.9 Å². The van der Waals surface area contributed by atoms with Gasteiger partial charge in [-0.2, -0.15) is 0 Å². The summed E-state index contributed by atoms with van der Waals surface area (Å²) in [4.78, 5) is 60.0. The maximum absolute atomic E-state index is 12.6. The number of nitrogens with one attached hydrogen (secondary N) is 3. The van der Waals surface area contributed by atoms with Gasteiger partial charge in [0.05, 0.1) is 0 Å². The van der Waals surface area contributed by atoms with E-state index in [1.807, 2.05) is 0 Å². The summed E-state index contributed by atoms with van der Waals surface area (Å²) in [6.07, 6.45) is 1.03. The van der Waals surface area contributed by atoms with Gasteiger partial charge in [-0.05, 0) is 33.6 Å². The molecule has 10 heteroatoms. The normalized spacial score (nSPS) is 19.8. The molecule has 4 atom stereocenters. The number of hydrogen-bond donors (Lipinski definition) is 4. The Balaban J connectivity index is 2.69. The third-order valence-electron chi connectivity index (χ3n) is 4.11. The topological polar surface area (TPSA) is 145 Å². The van der Waals surface area contributed by atoms with E-state index in [1.54, 1.807) is 0 Å². The first kappa shape index (κ1) is 21.4. The quantitative estimate of drug-likeness (QED) is 0.433. The Kier molecular flexibility index (Phi) is 7.54. The van der Waals surface area contributed by atoms with Crippen LogP contribution in [0.3, 0.4) is 0 Å². The lowest BCUT2D eigenvalue weighted by Gasteiger charge is -2.28. The number of amides is 4. The van der Waals surface area contributed by atoms with Crippen LogP contribution in [0.15, 0.2) is 0 Å². The second kappa shape index (κ2) is 9.16. The summed E-state index contributed by atoms with van der Waals surface area (Å²) in [5.41, 5.74) is 0. The van der Waals surface area contributed by atoms with Gasteiger partial charge in [0.1, 0.15) is 24.2 Å². The molecule has 4 amide bonds. The average molecular weight is 370 g/mol. The second-order valence-corrected chi connectivity index (χ2v) is 6.41. The van der Waals surface area contributed by atoms with Gasteiger partial charge >= 0.3 is 5.97 Å². The first-order valence-corrected chi connectivity index (χ1v) is 8.45. The Hall–Kier alpha value is -2.65. The van der Waals surface area contributed by atoms with E-state index in [9.17, 15) is 24.0 Å². The van der Waals surface area contributed by atoms with E-state index in [0.717, 1.165) is 0 Å². The minimum atomic E-state index is -1.16. The second-order valence-electron chi connectivity index (χ2n) is 6.41. The van der Waals surface area contributed by atoms with Gasteiger partial charge in [0, 0.05) is 13.5 Å². The molecule has 10 nitrogen and oxygen atoms in total. The van der Waals surface area contributed by atoms with Gasteiger partial charge < -0.3 is 26.0 Å². The van der Waals surface area contributed by atoms with Crippen molar-refractivity contribution >= 4 is 29.6 Å². The minimum absolute atomic E-state index is 0.347. The molecule has 0 aromatic rings. The third-order valence-corrected chi connectivity index (χ3v) is 4.11. The SMILES string of the molecule is CC(=O)NC(C)C(=O)NC(C)C(=O)N1CCCC1C(=O)NC(C)C(=O)O. The Labute approximate surface area is 151 Å². The van der Waals surface area contributed by atoms with Gasteiger partial charge in [0.15, 0.2) is 0 Å². The van der Waals surface area contributed by atoms with Crippen LogP contribution in [-0.2, 0) is 24.0 Å². The summed E-state index contributed by atoms with van der Waals surface area (Å²) in [5.74, 6) is -3.01. The standard InChI is InChI=1S/C16H26N4O6/c1-8(17-11(4)21)13(22)18-9(2)15(24)20-7-5-6-12(20)14(23)19-10(3)16(25)26/h8-10,12H,5-7H2,1-4H3,(H,17,21)(H,18,22)(H,19,23)(H,25,26). The zero-order chi connectivity index (χ0) is 20.0. The number of aliphatic carboxylic acids is 1. The number of carboxylic acid groups (broad SMARTS) is 1. The van der Waals surface area contributed by atoms with Crippen LogP contribution in [0.25, 0.3) is 0 Å². The number of likely N-dealkylation sites (tertiary alicyclic amines) is 1. The van der Waals surface area contributed by atoms with E-state index in [-0.39, 0.29) is 5.91 Å². The van der Waals surface area contributed by atoms with Crippen LogP contribution in [-0.4, -0.2) is 70.3 Å². The number of carbonyl (C=O) groups excluding carboxylic acids is 4. The van der Waals surface area contributed by atoms with E-state index in [0.29, 0.717) is 19.4 Å². The van der Waals surface area contributed by atoms with Crippen LogP contribution in [0.5, 0.6) is 0 Å². The molecule has 1 fully saturated rings. The molecule has 0 radical (unpaired) electrons. The fourth-order valence-electron chi connectivity index (χ4n) is 2.69. The van der Waals surface area contributed by atoms with Crippen molar-refractivity contribution in [2.24, 2.45) is 0 Å². The van der Waals surface area contributed by atoms with Crippen LogP contribution in [0.1, 0.15) is 40.5 Å². The van der Waals surface area contributed by atoms with Gasteiger partial charge in [0.25, 0.3) is 0 Å². The van der Waals surface area contributed by atoms with Crippen LogP contribution < -0.4 is 16.0 Å². The fraction of sp³-hybridized carbons (Fsp3) is 0.688. The molecule has 0 saturated carbocycles. The van der Waals surface area contributed by atoms with Crippen LogP contribution in [0.2, 0.25) is 0 Å². The van der Waals surface area contributed by atoms with Gasteiger partial charge in [-0.15, -0.1) is 0 Å². The maximum atomic E-state index is 12.6. The van der Waals surface area contributed by atoms with Crippen LogP contribution >= 0.6 is 0 Å². The smallest absolute Gasteiger partial charge is 0.325 e. The highest BCUT2D eigenvalue weighted by molar-refractivity contribution is 5.94. The molecule has 1 aliphatic rings. The van der Waals surface area contributed by atoms with Crippen molar-refractivity contribution in [3.63, 3.8) is 0 Å². The van der Waals surface area contributed by atoms with E-state index in [4.69, 9.17) is 5.11 Å². The van der Waals surface area contributed by atoms with Gasteiger partial charge in [0.2, 0.25) is 23.6 Å². The van der Waals surface area contributed by atoms with Crippen molar-refractivity contribution < 1.29 is 29.1 Å². The molecule has 1 rings (SSSR count). The molecule has 0 spiro atoms. The molecule has 1 heterocycles. The molecule has 4 N–H and O–H groups in total. The molecule has 4 unspecified atom stereocenters. The van der Waals surface area contributed by atoms with Crippen molar-refractivity contribution in [2.45, 2.75) is 64.7 Å². The van der Waals surface area contributed by atoms with Crippen LogP contribution in [0, 0.1) is 0 Å². The maximum Gasteiger partial charge on any atom is 0.325 e. The Morgan fingerprint density at radius 3 is 2.12 bits per heavy atom. The number of rotatable bonds is 7. The van der Waals surface area contributed by atoms with E-state index >= 15 is 0 Å². The van der Waals surface area contributed by atoms with Crippen molar-refractivity contribution in [3.05, 3.63) is 0 Å². The zero-order valence-corrected chi connectivity index (χ0v) is 15.4. The van der Waals surface area contributed by atoms with E-state index in [2.05, 4.69) is 16.0 Å². The Morgan fingerprint density at radius 1 is 0.962 bits per heavy atom. The Morgan fingerprint density at radius 2 is 1.58 bits per heavy atom. The monoisotopic (exact) mass is 370 g/mol. The highest BCUT2D eigenvalue weighted by Crippen LogP contribution is 2.18. The van der Waals surface area contributed by atoms with Gasteiger partial charge in [-0.3, -0.25) is 24.0 Å². The lowest BCUT2D eigenvalue weighted by atomic mass is 10.1. The summed E-state index contributed by atoms with van der Waals surface area (Å²) in [7, 11) is 0. The molecule has 0 aliphatic carbocycles. The summed E-state index contributed by atoms with van der Waals surface area (Å²) in [5, 5.41) is 16.2. The third kappa shape index (κ3) is 5.71. The predicted octanol–water partition coefficient (Wildman–Crippen LogP) is -1.40. The molecule has 146 valence electrons. The zero-order valence-electron chi connectivity index (χ0n) is 15.4. The molecule has 0 aromatic heterocycles. The number of carbonyl (C=O) groups is 5. The number of carboxylic acids is 1. The van der Waals surface area contributed by atoms with Gasteiger partial charge in [-0.1, -0.05) is 0 Å². The fourth-order valence-corrected chi connectivity index (χ4v) is 2.69. The molecular formula is C16H26N4O6. The molecular weight excluding hydrogens is 344 g/mol. The van der Waals surface area contributed by atoms with E-state index in [1.165, 1.54) is 32.6 Å². The lowest BCUT2D eigenvalue weighted by Crippen LogP contribution is -2.56. The summed E-state index contributed by atoms with van der Waals surface area (Å²) in [6.45, 7) is 5.96. The van der Waals surface area contributed by atoms with Crippen molar-refractivity contribution in [3.8, 4) is 0 Å². The first-order chi connectivity index (χ1) is 12.0. The molecule has 1 aliphatic heterocycles. The van der Waals surface area contributed by atoms with Crippen molar-refractivity contribution in [2.75, 3.05) is 6.54 Å². The number of hydrogen-bond acceptors (Lipinski definition) is 5. The average Bonchev–Trinajstić information content (AvgIpc) is 3.02. The summed E-state index contributed by atoms with van der Waals surface area (Å²) >= 11 is 0. The molecule has 0 aromatic carbocycles. The van der Waals surface area contributed by atoms with Gasteiger partial charge in [-0.25, -0.2) is 0 Å². The first-order valence-electron chi connectivity index (χ1n) is 8.45. The van der Waals surface area contributed by atoms with Crippen LogP contribution in [0.4, 0.5) is 0 Å². The largest absolute Gasteiger partial charge is 0.480 e. The molecule has 26 heavy (non-hydrogen) atoms. The highest BCUT2D eigenvalue weighted by atomic mass is 16.4. The van der Waals surface area contributed by atoms with Crippen molar-refractivity contribution in [1.82, 2.24) is 20.9 Å². The number of nitrogens with zero attached hydrogens (tertiary/aromatic N) is 1.